The van der Waals surface area contributed by atoms with Gasteiger partial charge in [-0.15, -0.1) is 11.8 Å². The molecular weight excluding hydrogens is 245 g/mol. The lowest BCUT2D eigenvalue weighted by atomic mass is 10.1. The molecule has 0 spiro atoms. The summed E-state index contributed by atoms with van der Waals surface area (Å²) in [6, 6.07) is 7.51. The molecule has 1 rings (SSSR count). The summed E-state index contributed by atoms with van der Waals surface area (Å²) >= 11 is 1.62. The number of unbranched alkanes of at least 4 members (excludes halogenated alkanes) is 2. The maximum Gasteiger partial charge on any atom is 0.136 e. The molecule has 0 radical (unpaired) electrons. The smallest absolute Gasteiger partial charge is 0.136 e. The standard InChI is InChI=1S/C15H24FNS/c1-3-5-6-9-13(17-4-2)12-18-15-11-8-7-10-14(15)16/h7-8,10-11,13,17H,3-6,9,12H2,1-2H3. The maximum absolute atomic E-state index is 13.5. The monoisotopic (exact) mass is 269 g/mol. The van der Waals surface area contributed by atoms with E-state index < -0.39 is 0 Å². The molecule has 3 heteroatoms. The second-order valence-electron chi connectivity index (χ2n) is 4.49. The highest BCUT2D eigenvalue weighted by atomic mass is 32.2. The summed E-state index contributed by atoms with van der Waals surface area (Å²) < 4.78 is 13.5. The maximum atomic E-state index is 13.5. The Kier molecular flexibility index (Phi) is 8.10. The van der Waals surface area contributed by atoms with E-state index in [1.54, 1.807) is 17.8 Å². The Hall–Kier alpha value is -0.540. The molecule has 0 aromatic heterocycles. The van der Waals surface area contributed by atoms with Gasteiger partial charge >= 0.3 is 0 Å². The summed E-state index contributed by atoms with van der Waals surface area (Å²) in [7, 11) is 0. The summed E-state index contributed by atoms with van der Waals surface area (Å²) in [6.07, 6.45) is 4.97. The van der Waals surface area contributed by atoms with Gasteiger partial charge < -0.3 is 5.32 Å². The van der Waals surface area contributed by atoms with Crippen molar-refractivity contribution < 1.29 is 4.39 Å². The van der Waals surface area contributed by atoms with Gasteiger partial charge in [0, 0.05) is 16.7 Å². The van der Waals surface area contributed by atoms with Crippen molar-refractivity contribution in [3.8, 4) is 0 Å². The third kappa shape index (κ3) is 5.87. The average Bonchev–Trinajstić information content (AvgIpc) is 2.38. The van der Waals surface area contributed by atoms with Gasteiger partial charge in [0.05, 0.1) is 0 Å². The molecule has 1 aromatic rings. The average molecular weight is 269 g/mol. The topological polar surface area (TPSA) is 12.0 Å². The minimum atomic E-state index is -0.105. The first kappa shape index (κ1) is 15.5. The van der Waals surface area contributed by atoms with Crippen molar-refractivity contribution in [2.24, 2.45) is 0 Å². The molecule has 102 valence electrons. The number of rotatable bonds is 9. The molecule has 0 saturated carbocycles. The van der Waals surface area contributed by atoms with Crippen LogP contribution in [-0.4, -0.2) is 18.3 Å². The van der Waals surface area contributed by atoms with Crippen LogP contribution in [0.25, 0.3) is 0 Å². The van der Waals surface area contributed by atoms with E-state index in [1.807, 2.05) is 12.1 Å². The molecule has 0 aliphatic rings. The zero-order valence-corrected chi connectivity index (χ0v) is 12.2. The Balaban J connectivity index is 2.39. The lowest BCUT2D eigenvalue weighted by Crippen LogP contribution is -2.31. The molecule has 1 nitrogen and oxygen atoms in total. The summed E-state index contributed by atoms with van der Waals surface area (Å²) in [5, 5.41) is 3.49. The minimum Gasteiger partial charge on any atom is -0.313 e. The van der Waals surface area contributed by atoms with E-state index in [4.69, 9.17) is 0 Å². The Morgan fingerprint density at radius 1 is 1.22 bits per heavy atom. The van der Waals surface area contributed by atoms with Crippen LogP contribution < -0.4 is 5.32 Å². The van der Waals surface area contributed by atoms with Crippen molar-refractivity contribution in [3.63, 3.8) is 0 Å². The Labute approximate surface area is 115 Å². The zero-order chi connectivity index (χ0) is 13.2. The summed E-state index contributed by atoms with van der Waals surface area (Å²) in [5.41, 5.74) is 0. The third-order valence-corrected chi connectivity index (χ3v) is 4.14. The fourth-order valence-electron chi connectivity index (χ4n) is 1.93. The predicted molar refractivity (Wildman–Crippen MR) is 78.7 cm³/mol. The van der Waals surface area contributed by atoms with Crippen molar-refractivity contribution in [2.45, 2.75) is 50.5 Å². The molecule has 0 saturated heterocycles. The highest BCUT2D eigenvalue weighted by Crippen LogP contribution is 2.23. The van der Waals surface area contributed by atoms with Gasteiger partial charge in [0.15, 0.2) is 0 Å². The molecule has 0 heterocycles. The molecule has 0 fully saturated rings. The number of nitrogens with one attached hydrogen (secondary N) is 1. The van der Waals surface area contributed by atoms with Gasteiger partial charge in [-0.25, -0.2) is 4.39 Å². The van der Waals surface area contributed by atoms with E-state index in [0.717, 1.165) is 17.2 Å². The van der Waals surface area contributed by atoms with Gasteiger partial charge in [0.1, 0.15) is 5.82 Å². The first-order valence-corrected chi connectivity index (χ1v) is 7.87. The molecule has 0 aliphatic heterocycles. The molecule has 0 aliphatic carbocycles. The third-order valence-electron chi connectivity index (χ3n) is 2.93. The summed E-state index contributed by atoms with van der Waals surface area (Å²) in [6.45, 7) is 5.32. The quantitative estimate of drug-likeness (QED) is 0.524. The number of halogens is 1. The number of thioether (sulfide) groups is 1. The largest absolute Gasteiger partial charge is 0.313 e. The van der Waals surface area contributed by atoms with E-state index in [0.29, 0.717) is 6.04 Å². The highest BCUT2D eigenvalue weighted by Gasteiger charge is 2.09. The van der Waals surface area contributed by atoms with Crippen molar-refractivity contribution >= 4 is 11.8 Å². The Morgan fingerprint density at radius 2 is 2.00 bits per heavy atom. The lowest BCUT2D eigenvalue weighted by molar-refractivity contribution is 0.506. The second kappa shape index (κ2) is 9.40. The molecule has 0 amide bonds. The minimum absolute atomic E-state index is 0.105. The van der Waals surface area contributed by atoms with Gasteiger partial charge in [0.25, 0.3) is 0 Å². The Morgan fingerprint density at radius 3 is 2.67 bits per heavy atom. The lowest BCUT2D eigenvalue weighted by Gasteiger charge is -2.17. The van der Waals surface area contributed by atoms with Crippen LogP contribution in [0.1, 0.15) is 39.5 Å². The predicted octanol–water partition coefficient (Wildman–Crippen LogP) is 4.48. The van der Waals surface area contributed by atoms with Crippen LogP contribution >= 0.6 is 11.8 Å². The first-order valence-electron chi connectivity index (χ1n) is 6.88. The molecule has 1 atom stereocenters. The molecule has 1 unspecified atom stereocenters. The normalized spacial score (nSPS) is 12.6. The van der Waals surface area contributed by atoms with Crippen LogP contribution in [0.5, 0.6) is 0 Å². The SMILES string of the molecule is CCCCCC(CSc1ccccc1F)NCC. The first-order chi connectivity index (χ1) is 8.77. The van der Waals surface area contributed by atoms with Crippen LogP contribution in [0.4, 0.5) is 4.39 Å². The van der Waals surface area contributed by atoms with E-state index in [9.17, 15) is 4.39 Å². The summed E-state index contributed by atoms with van der Waals surface area (Å²) in [5.74, 6) is 0.838. The molecule has 1 aromatic carbocycles. The number of hydrogen-bond acceptors (Lipinski definition) is 2. The fourth-order valence-corrected chi connectivity index (χ4v) is 2.97. The van der Waals surface area contributed by atoms with E-state index in [1.165, 1.54) is 31.7 Å². The van der Waals surface area contributed by atoms with Crippen LogP contribution in [0.2, 0.25) is 0 Å². The van der Waals surface area contributed by atoms with Crippen LogP contribution in [0.3, 0.4) is 0 Å². The van der Waals surface area contributed by atoms with Gasteiger partial charge in [-0.05, 0) is 25.1 Å². The molecule has 1 N–H and O–H groups in total. The Bertz CT molecular complexity index is 330. The second-order valence-corrected chi connectivity index (χ2v) is 5.55. The highest BCUT2D eigenvalue weighted by molar-refractivity contribution is 7.99. The molecule has 0 bridgehead atoms. The van der Waals surface area contributed by atoms with E-state index >= 15 is 0 Å². The van der Waals surface area contributed by atoms with Crippen LogP contribution in [0.15, 0.2) is 29.2 Å². The van der Waals surface area contributed by atoms with Crippen LogP contribution in [0, 0.1) is 5.82 Å². The number of benzene rings is 1. The van der Waals surface area contributed by atoms with Gasteiger partial charge in [-0.1, -0.05) is 45.2 Å². The fraction of sp³-hybridized carbons (Fsp3) is 0.600. The van der Waals surface area contributed by atoms with Crippen molar-refractivity contribution in [1.29, 1.82) is 0 Å². The zero-order valence-electron chi connectivity index (χ0n) is 11.4. The van der Waals surface area contributed by atoms with E-state index in [2.05, 4.69) is 19.2 Å². The molecular formula is C15H24FNS. The molecule has 18 heavy (non-hydrogen) atoms. The van der Waals surface area contributed by atoms with Gasteiger partial charge in [-0.2, -0.15) is 0 Å². The van der Waals surface area contributed by atoms with Gasteiger partial charge in [-0.3, -0.25) is 0 Å². The van der Waals surface area contributed by atoms with Crippen molar-refractivity contribution in [3.05, 3.63) is 30.1 Å². The number of hydrogen-bond donors (Lipinski definition) is 1. The van der Waals surface area contributed by atoms with Crippen molar-refractivity contribution in [2.75, 3.05) is 12.3 Å². The summed E-state index contributed by atoms with van der Waals surface area (Å²) in [4.78, 5) is 0.760. The van der Waals surface area contributed by atoms with E-state index in [-0.39, 0.29) is 5.82 Å². The van der Waals surface area contributed by atoms with Crippen LogP contribution in [-0.2, 0) is 0 Å². The van der Waals surface area contributed by atoms with Gasteiger partial charge in [0.2, 0.25) is 0 Å². The van der Waals surface area contributed by atoms with Crippen molar-refractivity contribution in [1.82, 2.24) is 5.32 Å².